The summed E-state index contributed by atoms with van der Waals surface area (Å²) in [6.07, 6.45) is 5.64. The molecule has 1 spiro atoms. The second kappa shape index (κ2) is 7.91. The Balaban J connectivity index is 1.31. The van der Waals surface area contributed by atoms with Gasteiger partial charge >= 0.3 is 0 Å². The van der Waals surface area contributed by atoms with Gasteiger partial charge in [0.05, 0.1) is 11.0 Å². The lowest BCUT2D eigenvalue weighted by atomic mass is 9.70. The number of ether oxygens (including phenoxy) is 2. The highest BCUT2D eigenvalue weighted by molar-refractivity contribution is 7.90. The Morgan fingerprint density at radius 3 is 2.55 bits per heavy atom. The zero-order valence-corrected chi connectivity index (χ0v) is 19.2. The van der Waals surface area contributed by atoms with E-state index in [4.69, 9.17) is 9.47 Å². The number of aryl methyl sites for hydroxylation is 1. The topological polar surface area (TPSA) is 55.8 Å². The molecule has 0 amide bonds. The molecule has 3 aliphatic heterocycles. The Hall–Kier alpha value is -1.89. The average molecular weight is 442 g/mol. The Labute approximate surface area is 185 Å². The summed E-state index contributed by atoms with van der Waals surface area (Å²) in [7, 11) is -3.15. The highest BCUT2D eigenvalue weighted by Gasteiger charge is 2.52. The second-order valence-corrected chi connectivity index (χ2v) is 11.5. The maximum absolute atomic E-state index is 11.7. The molecule has 2 aromatic rings. The van der Waals surface area contributed by atoms with Gasteiger partial charge in [-0.1, -0.05) is 24.3 Å². The van der Waals surface area contributed by atoms with Crippen LogP contribution >= 0.6 is 0 Å². The van der Waals surface area contributed by atoms with E-state index in [1.807, 2.05) is 12.1 Å². The largest absolute Gasteiger partial charge is 0.486 e. The van der Waals surface area contributed by atoms with Crippen LogP contribution in [0.3, 0.4) is 0 Å². The molecule has 2 fully saturated rings. The summed E-state index contributed by atoms with van der Waals surface area (Å²) >= 11 is 0. The summed E-state index contributed by atoms with van der Waals surface area (Å²) in [6.45, 7) is 5.72. The molecule has 0 bridgehead atoms. The van der Waals surface area contributed by atoms with E-state index < -0.39 is 9.84 Å². The zero-order valence-electron chi connectivity index (χ0n) is 18.3. The Morgan fingerprint density at radius 2 is 1.84 bits per heavy atom. The molecule has 3 heterocycles. The first kappa shape index (κ1) is 21.0. The third-order valence-corrected chi connectivity index (χ3v) is 8.38. The Morgan fingerprint density at radius 1 is 1.10 bits per heavy atom. The van der Waals surface area contributed by atoms with Crippen molar-refractivity contribution in [2.45, 2.75) is 55.8 Å². The Kier molecular flexibility index (Phi) is 5.35. The van der Waals surface area contributed by atoms with Crippen molar-refractivity contribution in [1.29, 1.82) is 0 Å². The molecule has 31 heavy (non-hydrogen) atoms. The van der Waals surface area contributed by atoms with Crippen LogP contribution in [0.2, 0.25) is 0 Å². The predicted molar refractivity (Wildman–Crippen MR) is 120 cm³/mol. The first-order valence-electron chi connectivity index (χ1n) is 11.3. The fourth-order valence-electron chi connectivity index (χ4n) is 5.55. The predicted octanol–water partition coefficient (Wildman–Crippen LogP) is 4.29. The van der Waals surface area contributed by atoms with E-state index in [0.29, 0.717) is 10.8 Å². The van der Waals surface area contributed by atoms with Gasteiger partial charge in [-0.05, 0) is 49.1 Å². The zero-order chi connectivity index (χ0) is 21.6. The number of nitrogens with zero attached hydrogens (tertiary/aromatic N) is 1. The van der Waals surface area contributed by atoms with Crippen molar-refractivity contribution in [3.8, 4) is 5.75 Å². The van der Waals surface area contributed by atoms with E-state index in [0.717, 1.165) is 63.2 Å². The molecular weight excluding hydrogens is 410 g/mol. The van der Waals surface area contributed by atoms with Crippen LogP contribution in [-0.4, -0.2) is 44.9 Å². The molecular formula is C25H31NO4S. The molecule has 0 unspecified atom stereocenters. The van der Waals surface area contributed by atoms with Crippen LogP contribution in [0.1, 0.15) is 48.5 Å². The van der Waals surface area contributed by atoms with Crippen LogP contribution in [-0.2, 0) is 21.1 Å². The maximum atomic E-state index is 11.7. The van der Waals surface area contributed by atoms with Crippen molar-refractivity contribution in [3.05, 3.63) is 59.2 Å². The van der Waals surface area contributed by atoms with E-state index >= 15 is 0 Å². The first-order valence-corrected chi connectivity index (χ1v) is 13.2. The molecule has 6 heteroatoms. The fourth-order valence-corrected chi connectivity index (χ4v) is 6.18. The third kappa shape index (κ3) is 4.01. The van der Waals surface area contributed by atoms with Gasteiger partial charge in [0, 0.05) is 56.8 Å². The van der Waals surface area contributed by atoms with Crippen molar-refractivity contribution in [1.82, 2.24) is 4.90 Å². The van der Waals surface area contributed by atoms with Crippen molar-refractivity contribution in [2.24, 2.45) is 5.92 Å². The number of fused-ring (bicyclic) bond motifs is 4. The SMILES string of the molecule is Cc1ccc2c(c1)OC1(CCN(Cc3ccc(S(C)(=O)=O)cc3)CC1)[C@H]1CCCO[C@H]21. The molecule has 166 valence electrons. The van der Waals surface area contributed by atoms with Crippen LogP contribution in [0.4, 0.5) is 0 Å². The second-order valence-electron chi connectivity index (χ2n) is 9.44. The van der Waals surface area contributed by atoms with E-state index in [2.05, 4.69) is 30.0 Å². The van der Waals surface area contributed by atoms with Gasteiger partial charge in [-0.25, -0.2) is 8.42 Å². The van der Waals surface area contributed by atoms with Gasteiger partial charge in [0.1, 0.15) is 11.4 Å². The van der Waals surface area contributed by atoms with Crippen molar-refractivity contribution in [2.75, 3.05) is 26.0 Å². The molecule has 0 radical (unpaired) electrons. The normalized spacial score (nSPS) is 25.5. The van der Waals surface area contributed by atoms with Crippen molar-refractivity contribution in [3.63, 3.8) is 0 Å². The lowest BCUT2D eigenvalue weighted by Crippen LogP contribution is -2.57. The van der Waals surface area contributed by atoms with Crippen LogP contribution in [0.15, 0.2) is 47.4 Å². The third-order valence-electron chi connectivity index (χ3n) is 7.25. The number of benzene rings is 2. The van der Waals surface area contributed by atoms with E-state index in [9.17, 15) is 8.42 Å². The van der Waals surface area contributed by atoms with Gasteiger partial charge in [0.15, 0.2) is 9.84 Å². The fraction of sp³-hybridized carbons (Fsp3) is 0.520. The van der Waals surface area contributed by atoms with Gasteiger partial charge in [0.25, 0.3) is 0 Å². The molecule has 0 aromatic heterocycles. The smallest absolute Gasteiger partial charge is 0.175 e. The van der Waals surface area contributed by atoms with Gasteiger partial charge in [0.2, 0.25) is 0 Å². The average Bonchev–Trinajstić information content (AvgIpc) is 2.75. The van der Waals surface area contributed by atoms with E-state index in [1.165, 1.54) is 17.4 Å². The minimum absolute atomic E-state index is 0.146. The summed E-state index contributed by atoms with van der Waals surface area (Å²) in [6, 6.07) is 13.8. The molecule has 0 N–H and O–H groups in total. The number of sulfone groups is 1. The number of rotatable bonds is 3. The molecule has 2 saturated heterocycles. The summed E-state index contributed by atoms with van der Waals surface area (Å²) in [5, 5.41) is 0. The van der Waals surface area contributed by atoms with E-state index in [1.54, 1.807) is 12.1 Å². The van der Waals surface area contributed by atoms with E-state index in [-0.39, 0.29) is 11.7 Å². The summed E-state index contributed by atoms with van der Waals surface area (Å²) < 4.78 is 36.5. The summed E-state index contributed by atoms with van der Waals surface area (Å²) in [5.74, 6) is 1.42. The van der Waals surface area contributed by atoms with Crippen molar-refractivity contribution >= 4 is 9.84 Å². The van der Waals surface area contributed by atoms with Gasteiger partial charge in [-0.2, -0.15) is 0 Å². The molecule has 0 aliphatic carbocycles. The summed E-state index contributed by atoms with van der Waals surface area (Å²) in [5.41, 5.74) is 3.43. The monoisotopic (exact) mass is 441 g/mol. The molecule has 2 atom stereocenters. The number of likely N-dealkylation sites (tertiary alicyclic amines) is 1. The van der Waals surface area contributed by atoms with Crippen LogP contribution < -0.4 is 4.74 Å². The highest BCUT2D eigenvalue weighted by atomic mass is 32.2. The summed E-state index contributed by atoms with van der Waals surface area (Å²) in [4.78, 5) is 2.83. The standard InChI is InChI=1S/C25H31NO4S/c1-18-5-10-21-23(16-18)30-25(22-4-3-15-29-24(21)22)11-13-26(14-12-25)17-19-6-8-20(9-7-19)31(2,27)28/h5-10,16,22,24H,3-4,11-15,17H2,1-2H3/t22-,24+/m0/s1. The highest BCUT2D eigenvalue weighted by Crippen LogP contribution is 2.53. The minimum atomic E-state index is -3.15. The number of hydrogen-bond donors (Lipinski definition) is 0. The lowest BCUT2D eigenvalue weighted by Gasteiger charge is -2.53. The number of piperidine rings is 1. The van der Waals surface area contributed by atoms with Crippen LogP contribution in [0.5, 0.6) is 5.75 Å². The molecule has 5 rings (SSSR count). The van der Waals surface area contributed by atoms with Gasteiger partial charge < -0.3 is 9.47 Å². The van der Waals surface area contributed by atoms with Crippen LogP contribution in [0.25, 0.3) is 0 Å². The van der Waals surface area contributed by atoms with Crippen molar-refractivity contribution < 1.29 is 17.9 Å². The molecule has 2 aromatic carbocycles. The van der Waals surface area contributed by atoms with Crippen LogP contribution in [0, 0.1) is 12.8 Å². The quantitative estimate of drug-likeness (QED) is 0.711. The lowest BCUT2D eigenvalue weighted by molar-refractivity contribution is -0.150. The van der Waals surface area contributed by atoms with Gasteiger partial charge in [-0.3, -0.25) is 4.90 Å². The number of hydrogen-bond acceptors (Lipinski definition) is 5. The van der Waals surface area contributed by atoms with Gasteiger partial charge in [-0.15, -0.1) is 0 Å². The molecule has 0 saturated carbocycles. The molecule has 3 aliphatic rings. The molecule has 5 nitrogen and oxygen atoms in total. The minimum Gasteiger partial charge on any atom is -0.486 e. The first-order chi connectivity index (χ1) is 14.8. The Bertz CT molecular complexity index is 1060. The maximum Gasteiger partial charge on any atom is 0.175 e.